The maximum absolute atomic E-state index is 13.0. The largest absolute Gasteiger partial charge is 0.338 e. The van der Waals surface area contributed by atoms with Gasteiger partial charge in [-0.15, -0.1) is 0 Å². The number of amides is 1. The van der Waals surface area contributed by atoms with Crippen LogP contribution in [-0.4, -0.2) is 38.8 Å². The van der Waals surface area contributed by atoms with Gasteiger partial charge in [-0.3, -0.25) is 9.78 Å². The number of aromatic nitrogens is 3. The van der Waals surface area contributed by atoms with E-state index in [-0.39, 0.29) is 5.91 Å². The molecule has 6 nitrogen and oxygen atoms in total. The standard InChI is InChI=1S/C22H23N5O/c1-16-19(7-4-11-23-16)22(28)27-13-5-6-18(15-27)17-9-12-25-21(14-17)26-20-8-2-3-10-24-20/h2-4,7-12,14,18H,5-6,13,15H2,1H3,(H,24,25,26)/t18-/m1/s1. The minimum absolute atomic E-state index is 0.0659. The molecule has 0 saturated carbocycles. The lowest BCUT2D eigenvalue weighted by Crippen LogP contribution is -2.39. The van der Waals surface area contributed by atoms with Crippen LogP contribution in [0.2, 0.25) is 0 Å². The highest BCUT2D eigenvalue weighted by atomic mass is 16.2. The molecular weight excluding hydrogens is 350 g/mol. The first-order valence-electron chi connectivity index (χ1n) is 9.55. The molecule has 1 aliphatic rings. The molecule has 1 atom stereocenters. The van der Waals surface area contributed by atoms with Crippen molar-refractivity contribution in [2.75, 3.05) is 18.4 Å². The Morgan fingerprint density at radius 2 is 1.89 bits per heavy atom. The number of carbonyl (C=O) groups is 1. The van der Waals surface area contributed by atoms with Crippen molar-refractivity contribution in [1.29, 1.82) is 0 Å². The fourth-order valence-electron chi connectivity index (χ4n) is 3.65. The number of pyridine rings is 3. The molecule has 0 spiro atoms. The van der Waals surface area contributed by atoms with E-state index >= 15 is 0 Å². The second kappa shape index (κ2) is 8.17. The summed E-state index contributed by atoms with van der Waals surface area (Å²) in [7, 11) is 0. The van der Waals surface area contributed by atoms with Gasteiger partial charge in [0.25, 0.3) is 5.91 Å². The highest BCUT2D eigenvalue weighted by molar-refractivity contribution is 5.95. The van der Waals surface area contributed by atoms with Gasteiger partial charge in [-0.2, -0.15) is 0 Å². The van der Waals surface area contributed by atoms with Crippen LogP contribution in [0.1, 0.15) is 40.4 Å². The number of rotatable bonds is 4. The van der Waals surface area contributed by atoms with Crippen molar-refractivity contribution >= 4 is 17.5 Å². The van der Waals surface area contributed by atoms with Crippen molar-refractivity contribution in [2.24, 2.45) is 0 Å². The summed E-state index contributed by atoms with van der Waals surface area (Å²) in [5.74, 6) is 1.89. The van der Waals surface area contributed by atoms with Gasteiger partial charge in [-0.05, 0) is 61.7 Å². The molecule has 142 valence electrons. The van der Waals surface area contributed by atoms with E-state index in [9.17, 15) is 4.79 Å². The van der Waals surface area contributed by atoms with E-state index < -0.39 is 0 Å². The summed E-state index contributed by atoms with van der Waals surface area (Å²) in [4.78, 5) is 27.8. The fraction of sp³-hybridized carbons (Fsp3) is 0.273. The first-order valence-corrected chi connectivity index (χ1v) is 9.55. The molecule has 1 N–H and O–H groups in total. The van der Waals surface area contributed by atoms with Crippen LogP contribution in [0.25, 0.3) is 0 Å². The zero-order valence-corrected chi connectivity index (χ0v) is 15.9. The first-order chi connectivity index (χ1) is 13.7. The van der Waals surface area contributed by atoms with Crippen LogP contribution >= 0.6 is 0 Å². The van der Waals surface area contributed by atoms with Crippen LogP contribution in [0.3, 0.4) is 0 Å². The smallest absolute Gasteiger partial charge is 0.255 e. The second-order valence-electron chi connectivity index (χ2n) is 7.04. The Hall–Kier alpha value is -3.28. The van der Waals surface area contributed by atoms with Gasteiger partial charge in [0.05, 0.1) is 5.56 Å². The minimum Gasteiger partial charge on any atom is -0.338 e. The van der Waals surface area contributed by atoms with Gasteiger partial charge >= 0.3 is 0 Å². The van der Waals surface area contributed by atoms with E-state index in [1.54, 1.807) is 12.4 Å². The molecule has 6 heteroatoms. The number of likely N-dealkylation sites (tertiary alicyclic amines) is 1. The van der Waals surface area contributed by atoms with E-state index in [2.05, 4.69) is 26.3 Å². The molecule has 0 aromatic carbocycles. The average Bonchev–Trinajstić information content (AvgIpc) is 2.75. The van der Waals surface area contributed by atoms with Crippen molar-refractivity contribution in [1.82, 2.24) is 19.9 Å². The van der Waals surface area contributed by atoms with Gasteiger partial charge in [-0.25, -0.2) is 9.97 Å². The predicted octanol–water partition coefficient (Wildman–Crippen LogP) is 3.94. The number of hydrogen-bond acceptors (Lipinski definition) is 5. The molecular formula is C22H23N5O. The summed E-state index contributed by atoms with van der Waals surface area (Å²) in [6.07, 6.45) is 7.33. The van der Waals surface area contributed by atoms with Crippen LogP contribution in [0, 0.1) is 6.92 Å². The third-order valence-corrected chi connectivity index (χ3v) is 5.12. The third kappa shape index (κ3) is 4.01. The summed E-state index contributed by atoms with van der Waals surface area (Å²) in [5, 5.41) is 3.24. The first kappa shape index (κ1) is 18.1. The van der Waals surface area contributed by atoms with Crippen molar-refractivity contribution in [3.05, 3.63) is 77.9 Å². The molecule has 28 heavy (non-hydrogen) atoms. The molecule has 0 aliphatic carbocycles. The van der Waals surface area contributed by atoms with Crippen molar-refractivity contribution in [3.63, 3.8) is 0 Å². The Labute approximate surface area is 164 Å². The van der Waals surface area contributed by atoms with Crippen LogP contribution in [0.4, 0.5) is 11.6 Å². The highest BCUT2D eigenvalue weighted by Gasteiger charge is 2.26. The summed E-state index contributed by atoms with van der Waals surface area (Å²) in [6, 6.07) is 13.5. The molecule has 0 unspecified atom stereocenters. The molecule has 0 radical (unpaired) electrons. The van der Waals surface area contributed by atoms with Crippen LogP contribution in [0.15, 0.2) is 61.1 Å². The van der Waals surface area contributed by atoms with Gasteiger partial charge in [0.1, 0.15) is 11.6 Å². The Morgan fingerprint density at radius 1 is 1.04 bits per heavy atom. The van der Waals surface area contributed by atoms with Crippen LogP contribution in [-0.2, 0) is 0 Å². The number of nitrogens with zero attached hydrogens (tertiary/aromatic N) is 4. The van der Waals surface area contributed by atoms with E-state index in [1.165, 1.54) is 5.56 Å². The third-order valence-electron chi connectivity index (χ3n) is 5.12. The van der Waals surface area contributed by atoms with E-state index in [4.69, 9.17) is 0 Å². The van der Waals surface area contributed by atoms with Crippen molar-refractivity contribution in [3.8, 4) is 0 Å². The number of carbonyl (C=O) groups excluding carboxylic acids is 1. The molecule has 1 fully saturated rings. The topological polar surface area (TPSA) is 71.0 Å². The fourth-order valence-corrected chi connectivity index (χ4v) is 3.65. The van der Waals surface area contributed by atoms with Gasteiger partial charge in [0, 0.05) is 43.3 Å². The van der Waals surface area contributed by atoms with E-state index in [0.717, 1.165) is 36.7 Å². The molecule has 3 aromatic heterocycles. The molecule has 1 aliphatic heterocycles. The number of anilines is 2. The Bertz CT molecular complexity index is 960. The zero-order chi connectivity index (χ0) is 19.3. The number of hydrogen-bond donors (Lipinski definition) is 1. The lowest BCUT2D eigenvalue weighted by Gasteiger charge is -2.33. The van der Waals surface area contributed by atoms with Gasteiger partial charge in [0.2, 0.25) is 0 Å². The summed E-state index contributed by atoms with van der Waals surface area (Å²) in [5.41, 5.74) is 2.66. The normalized spacial score (nSPS) is 16.6. The van der Waals surface area contributed by atoms with Crippen molar-refractivity contribution < 1.29 is 4.79 Å². The number of aryl methyl sites for hydroxylation is 1. The Balaban J connectivity index is 1.49. The van der Waals surface area contributed by atoms with Gasteiger partial charge in [-0.1, -0.05) is 6.07 Å². The summed E-state index contributed by atoms with van der Waals surface area (Å²) >= 11 is 0. The van der Waals surface area contributed by atoms with Crippen LogP contribution in [0.5, 0.6) is 0 Å². The molecule has 3 aromatic rings. The maximum atomic E-state index is 13.0. The van der Waals surface area contributed by atoms with E-state index in [0.29, 0.717) is 18.0 Å². The summed E-state index contributed by atoms with van der Waals surface area (Å²) < 4.78 is 0. The molecule has 1 amide bonds. The highest BCUT2D eigenvalue weighted by Crippen LogP contribution is 2.29. The van der Waals surface area contributed by atoms with Crippen LogP contribution < -0.4 is 5.32 Å². The zero-order valence-electron chi connectivity index (χ0n) is 15.9. The summed E-state index contributed by atoms with van der Waals surface area (Å²) in [6.45, 7) is 3.38. The molecule has 4 heterocycles. The van der Waals surface area contributed by atoms with Gasteiger partial charge in [0.15, 0.2) is 0 Å². The lowest BCUT2D eigenvalue weighted by atomic mass is 9.90. The Kier molecular flexibility index (Phi) is 5.28. The quantitative estimate of drug-likeness (QED) is 0.750. The molecule has 4 rings (SSSR count). The number of nitrogens with one attached hydrogen (secondary N) is 1. The average molecular weight is 373 g/mol. The predicted molar refractivity (Wildman–Crippen MR) is 109 cm³/mol. The second-order valence-corrected chi connectivity index (χ2v) is 7.04. The molecule has 0 bridgehead atoms. The minimum atomic E-state index is 0.0659. The van der Waals surface area contributed by atoms with Gasteiger partial charge < -0.3 is 10.2 Å². The van der Waals surface area contributed by atoms with Crippen molar-refractivity contribution in [2.45, 2.75) is 25.7 Å². The monoisotopic (exact) mass is 373 g/mol. The molecule has 1 saturated heterocycles. The SMILES string of the molecule is Cc1ncccc1C(=O)N1CCC[C@@H](c2ccnc(Nc3ccccn3)c2)C1. The lowest BCUT2D eigenvalue weighted by molar-refractivity contribution is 0.0706. The maximum Gasteiger partial charge on any atom is 0.255 e. The van der Waals surface area contributed by atoms with E-state index in [1.807, 2.05) is 54.4 Å². The Morgan fingerprint density at radius 3 is 2.71 bits per heavy atom. The number of piperidine rings is 1.